The normalized spacial score (nSPS) is 32.8. The fourth-order valence-electron chi connectivity index (χ4n) is 2.87. The summed E-state index contributed by atoms with van der Waals surface area (Å²) in [4.78, 5) is 2.50. The average Bonchev–Trinajstić information content (AvgIpc) is 2.30. The van der Waals surface area contributed by atoms with Gasteiger partial charge in [0.15, 0.2) is 0 Å². The summed E-state index contributed by atoms with van der Waals surface area (Å²) in [5, 5.41) is 3.72. The monoisotopic (exact) mass is 226 g/mol. The van der Waals surface area contributed by atoms with Crippen LogP contribution in [0.2, 0.25) is 0 Å². The zero-order valence-corrected chi connectivity index (χ0v) is 10.6. The highest BCUT2D eigenvalue weighted by Gasteiger charge is 2.18. The lowest BCUT2D eigenvalue weighted by Gasteiger charge is -2.30. The third-order valence-corrected chi connectivity index (χ3v) is 3.90. The van der Waals surface area contributed by atoms with Crippen LogP contribution in [0, 0.1) is 5.92 Å². The van der Waals surface area contributed by atoms with Gasteiger partial charge in [-0.3, -0.25) is 4.90 Å². The third kappa shape index (κ3) is 4.04. The first-order valence-electron chi connectivity index (χ1n) is 6.88. The minimum atomic E-state index is 0.782. The second-order valence-corrected chi connectivity index (χ2v) is 5.38. The molecule has 1 heterocycles. The highest BCUT2D eigenvalue weighted by molar-refractivity contribution is 4.76. The molecule has 3 heteroatoms. The number of hydrogen-bond acceptors (Lipinski definition) is 3. The molecule has 3 nitrogen and oxygen atoms in total. The van der Waals surface area contributed by atoms with Gasteiger partial charge in [-0.25, -0.2) is 0 Å². The number of nitrogens with zero attached hydrogens (tertiary/aromatic N) is 1. The molecule has 16 heavy (non-hydrogen) atoms. The lowest BCUT2D eigenvalue weighted by molar-refractivity contribution is 0.0379. The smallest absolute Gasteiger partial charge is 0.0594 e. The molecule has 0 aromatic rings. The van der Waals surface area contributed by atoms with Gasteiger partial charge in [-0.15, -0.1) is 0 Å². The number of ether oxygens (including phenoxy) is 1. The molecule has 1 saturated heterocycles. The molecule has 0 aromatic carbocycles. The molecule has 0 amide bonds. The maximum absolute atomic E-state index is 5.35. The maximum Gasteiger partial charge on any atom is 0.0594 e. The van der Waals surface area contributed by atoms with Crippen molar-refractivity contribution in [2.75, 3.05) is 39.4 Å². The van der Waals surface area contributed by atoms with Crippen LogP contribution in [0.4, 0.5) is 0 Å². The fraction of sp³-hybridized carbons (Fsp3) is 1.00. The van der Waals surface area contributed by atoms with Crippen molar-refractivity contribution in [3.8, 4) is 0 Å². The second kappa shape index (κ2) is 6.58. The summed E-state index contributed by atoms with van der Waals surface area (Å²) in [6.45, 7) is 8.79. The standard InChI is InChI=1S/C13H26N2O/c1-12-3-2-4-13(11-12)14-5-6-15-7-9-16-10-8-15/h12-14H,2-11H2,1H3. The summed E-state index contributed by atoms with van der Waals surface area (Å²) in [6, 6.07) is 0.782. The summed E-state index contributed by atoms with van der Waals surface area (Å²) in [5.41, 5.74) is 0. The van der Waals surface area contributed by atoms with E-state index in [4.69, 9.17) is 4.74 Å². The van der Waals surface area contributed by atoms with Crippen molar-refractivity contribution in [3.05, 3.63) is 0 Å². The molecular weight excluding hydrogens is 200 g/mol. The van der Waals surface area contributed by atoms with Gasteiger partial charge in [0.25, 0.3) is 0 Å². The Labute approximate surface area is 99.5 Å². The molecule has 1 aliphatic heterocycles. The van der Waals surface area contributed by atoms with Gasteiger partial charge in [-0.05, 0) is 18.8 Å². The van der Waals surface area contributed by atoms with Gasteiger partial charge in [-0.2, -0.15) is 0 Å². The van der Waals surface area contributed by atoms with E-state index < -0.39 is 0 Å². The Morgan fingerprint density at radius 3 is 2.81 bits per heavy atom. The van der Waals surface area contributed by atoms with Crippen molar-refractivity contribution in [3.63, 3.8) is 0 Å². The molecule has 2 rings (SSSR count). The van der Waals surface area contributed by atoms with Gasteiger partial charge in [0.05, 0.1) is 13.2 Å². The van der Waals surface area contributed by atoms with Gasteiger partial charge in [0.1, 0.15) is 0 Å². The average molecular weight is 226 g/mol. The Morgan fingerprint density at radius 2 is 2.06 bits per heavy atom. The van der Waals surface area contributed by atoms with Crippen LogP contribution in [-0.2, 0) is 4.74 Å². The predicted molar refractivity (Wildman–Crippen MR) is 66.7 cm³/mol. The van der Waals surface area contributed by atoms with E-state index in [9.17, 15) is 0 Å². The first-order valence-corrected chi connectivity index (χ1v) is 6.88. The molecule has 2 atom stereocenters. The van der Waals surface area contributed by atoms with Gasteiger partial charge in [-0.1, -0.05) is 19.8 Å². The number of nitrogens with one attached hydrogen (secondary N) is 1. The van der Waals surface area contributed by atoms with Gasteiger partial charge in [0, 0.05) is 32.2 Å². The topological polar surface area (TPSA) is 24.5 Å². The van der Waals surface area contributed by atoms with E-state index in [-0.39, 0.29) is 0 Å². The minimum absolute atomic E-state index is 0.782. The van der Waals surface area contributed by atoms with E-state index >= 15 is 0 Å². The van der Waals surface area contributed by atoms with E-state index in [0.717, 1.165) is 44.8 Å². The Bertz CT molecular complexity index is 192. The van der Waals surface area contributed by atoms with Crippen LogP contribution < -0.4 is 5.32 Å². The highest BCUT2D eigenvalue weighted by Crippen LogP contribution is 2.23. The van der Waals surface area contributed by atoms with Crippen LogP contribution in [0.15, 0.2) is 0 Å². The molecule has 0 spiro atoms. The van der Waals surface area contributed by atoms with Crippen LogP contribution in [0.3, 0.4) is 0 Å². The quantitative estimate of drug-likeness (QED) is 0.786. The molecule has 1 N–H and O–H groups in total. The van der Waals surface area contributed by atoms with Crippen molar-refractivity contribution >= 4 is 0 Å². The molecule has 0 radical (unpaired) electrons. The van der Waals surface area contributed by atoms with E-state index in [1.54, 1.807) is 0 Å². The van der Waals surface area contributed by atoms with E-state index in [1.807, 2.05) is 0 Å². The van der Waals surface area contributed by atoms with Crippen LogP contribution in [0.5, 0.6) is 0 Å². The van der Waals surface area contributed by atoms with Crippen molar-refractivity contribution in [2.45, 2.75) is 38.6 Å². The van der Waals surface area contributed by atoms with Crippen LogP contribution >= 0.6 is 0 Å². The van der Waals surface area contributed by atoms with Gasteiger partial charge < -0.3 is 10.1 Å². The molecule has 2 unspecified atom stereocenters. The first-order chi connectivity index (χ1) is 7.84. The number of morpholine rings is 1. The fourth-order valence-corrected chi connectivity index (χ4v) is 2.87. The molecular formula is C13H26N2O. The van der Waals surface area contributed by atoms with Crippen molar-refractivity contribution < 1.29 is 4.74 Å². The molecule has 1 saturated carbocycles. The van der Waals surface area contributed by atoms with Crippen molar-refractivity contribution in [1.29, 1.82) is 0 Å². The molecule has 0 bridgehead atoms. The summed E-state index contributed by atoms with van der Waals surface area (Å²) >= 11 is 0. The van der Waals surface area contributed by atoms with E-state index in [1.165, 1.54) is 32.2 Å². The Kier molecular flexibility index (Phi) is 5.07. The Balaban J connectivity index is 1.56. The van der Waals surface area contributed by atoms with Crippen LogP contribution in [0.25, 0.3) is 0 Å². The molecule has 0 aromatic heterocycles. The predicted octanol–water partition coefficient (Wildman–Crippen LogP) is 1.49. The molecule has 2 aliphatic rings. The summed E-state index contributed by atoms with van der Waals surface area (Å²) in [7, 11) is 0. The van der Waals surface area contributed by atoms with Gasteiger partial charge >= 0.3 is 0 Å². The zero-order chi connectivity index (χ0) is 11.2. The lowest BCUT2D eigenvalue weighted by atomic mass is 9.87. The maximum atomic E-state index is 5.35. The van der Waals surface area contributed by atoms with Crippen molar-refractivity contribution in [2.24, 2.45) is 5.92 Å². The number of rotatable bonds is 4. The van der Waals surface area contributed by atoms with Gasteiger partial charge in [0.2, 0.25) is 0 Å². The summed E-state index contributed by atoms with van der Waals surface area (Å²) in [5.74, 6) is 0.926. The SMILES string of the molecule is CC1CCCC(NCCN2CCOCC2)C1. The Hall–Kier alpha value is -0.120. The molecule has 94 valence electrons. The van der Waals surface area contributed by atoms with E-state index in [2.05, 4.69) is 17.1 Å². The lowest BCUT2D eigenvalue weighted by Crippen LogP contribution is -2.43. The summed E-state index contributed by atoms with van der Waals surface area (Å²) < 4.78 is 5.35. The third-order valence-electron chi connectivity index (χ3n) is 3.90. The zero-order valence-electron chi connectivity index (χ0n) is 10.6. The Morgan fingerprint density at radius 1 is 1.25 bits per heavy atom. The second-order valence-electron chi connectivity index (χ2n) is 5.38. The van der Waals surface area contributed by atoms with Crippen molar-refractivity contribution in [1.82, 2.24) is 10.2 Å². The van der Waals surface area contributed by atoms with Crippen LogP contribution in [-0.4, -0.2) is 50.3 Å². The van der Waals surface area contributed by atoms with E-state index in [0.29, 0.717) is 0 Å². The number of hydrogen-bond donors (Lipinski definition) is 1. The summed E-state index contributed by atoms with van der Waals surface area (Å²) in [6.07, 6.45) is 5.61. The first kappa shape index (κ1) is 12.3. The largest absolute Gasteiger partial charge is 0.379 e. The molecule has 2 fully saturated rings. The minimum Gasteiger partial charge on any atom is -0.379 e. The highest BCUT2D eigenvalue weighted by atomic mass is 16.5. The molecule has 1 aliphatic carbocycles. The van der Waals surface area contributed by atoms with Crippen LogP contribution in [0.1, 0.15) is 32.6 Å².